The number of amides is 1. The quantitative estimate of drug-likeness (QED) is 0.868. The second-order valence-electron chi connectivity index (χ2n) is 5.35. The first kappa shape index (κ1) is 15.1. The van der Waals surface area contributed by atoms with Gasteiger partial charge in [0.05, 0.1) is 10.7 Å². The molecule has 0 spiro atoms. The Kier molecular flexibility index (Phi) is 4.89. The molecule has 1 aromatic carbocycles. The van der Waals surface area contributed by atoms with Gasteiger partial charge in [0.15, 0.2) is 0 Å². The highest BCUT2D eigenvalue weighted by molar-refractivity contribution is 6.33. The lowest BCUT2D eigenvalue weighted by Gasteiger charge is -2.27. The minimum atomic E-state index is -0.00477. The van der Waals surface area contributed by atoms with Gasteiger partial charge in [-0.1, -0.05) is 18.5 Å². The van der Waals surface area contributed by atoms with Crippen molar-refractivity contribution in [3.8, 4) is 0 Å². The summed E-state index contributed by atoms with van der Waals surface area (Å²) in [6, 6.07) is 5.52. The molecule has 2 rings (SSSR count). The molecule has 0 saturated carbocycles. The van der Waals surface area contributed by atoms with Gasteiger partial charge >= 0.3 is 0 Å². The molecule has 1 saturated heterocycles. The Morgan fingerprint density at radius 3 is 2.95 bits per heavy atom. The third-order valence-electron chi connectivity index (χ3n) is 3.98. The second kappa shape index (κ2) is 6.46. The molecule has 1 aliphatic rings. The fourth-order valence-electron chi connectivity index (χ4n) is 2.80. The smallest absolute Gasteiger partial charge is 0.253 e. The van der Waals surface area contributed by atoms with Crippen molar-refractivity contribution >= 4 is 23.2 Å². The molecule has 4 nitrogen and oxygen atoms in total. The van der Waals surface area contributed by atoms with Gasteiger partial charge in [0, 0.05) is 25.2 Å². The third kappa shape index (κ3) is 3.25. The number of nitrogen functional groups attached to an aromatic ring is 1. The topological polar surface area (TPSA) is 49.6 Å². The summed E-state index contributed by atoms with van der Waals surface area (Å²) in [4.78, 5) is 16.6. The summed E-state index contributed by atoms with van der Waals surface area (Å²) in [7, 11) is 1.85. The van der Waals surface area contributed by atoms with Crippen LogP contribution in [-0.2, 0) is 0 Å². The van der Waals surface area contributed by atoms with Gasteiger partial charge in [0.25, 0.3) is 5.91 Å². The number of benzene rings is 1. The molecule has 1 aromatic rings. The van der Waals surface area contributed by atoms with Gasteiger partial charge < -0.3 is 10.6 Å². The number of rotatable bonds is 4. The maximum absolute atomic E-state index is 12.4. The minimum absolute atomic E-state index is 0.00477. The van der Waals surface area contributed by atoms with Crippen LogP contribution in [0.1, 0.15) is 30.1 Å². The molecule has 2 N–H and O–H groups in total. The van der Waals surface area contributed by atoms with Crippen molar-refractivity contribution in [3.63, 3.8) is 0 Å². The van der Waals surface area contributed by atoms with Crippen molar-refractivity contribution in [2.45, 2.75) is 25.8 Å². The molecule has 1 heterocycles. The Bertz CT molecular complexity index is 492. The average molecular weight is 296 g/mol. The molecular formula is C15H22ClN3O. The first-order valence-corrected chi connectivity index (χ1v) is 7.45. The first-order chi connectivity index (χ1) is 9.52. The monoisotopic (exact) mass is 295 g/mol. The van der Waals surface area contributed by atoms with Gasteiger partial charge in [-0.15, -0.1) is 0 Å². The van der Waals surface area contributed by atoms with E-state index in [1.807, 2.05) is 7.05 Å². The molecule has 20 heavy (non-hydrogen) atoms. The van der Waals surface area contributed by atoms with Crippen LogP contribution in [0.3, 0.4) is 0 Å². The van der Waals surface area contributed by atoms with Crippen LogP contribution < -0.4 is 5.73 Å². The Labute approximate surface area is 125 Å². The molecule has 1 amide bonds. The number of carbonyl (C=O) groups excluding carboxylic acids is 1. The van der Waals surface area contributed by atoms with Gasteiger partial charge in [-0.05, 0) is 44.1 Å². The van der Waals surface area contributed by atoms with Gasteiger partial charge in [-0.3, -0.25) is 9.69 Å². The van der Waals surface area contributed by atoms with Crippen LogP contribution in [0.2, 0.25) is 5.02 Å². The van der Waals surface area contributed by atoms with E-state index in [4.69, 9.17) is 17.3 Å². The summed E-state index contributed by atoms with van der Waals surface area (Å²) < 4.78 is 0. The van der Waals surface area contributed by atoms with Crippen molar-refractivity contribution in [1.82, 2.24) is 9.80 Å². The van der Waals surface area contributed by atoms with Gasteiger partial charge in [0.2, 0.25) is 0 Å². The zero-order chi connectivity index (χ0) is 14.7. The number of anilines is 1. The molecule has 110 valence electrons. The van der Waals surface area contributed by atoms with E-state index in [0.29, 0.717) is 22.3 Å². The SMILES string of the molecule is CCN1CCCC1CN(C)C(=O)c1ccc(N)c(Cl)c1. The predicted octanol–water partition coefficient (Wildman–Crippen LogP) is 2.48. The summed E-state index contributed by atoms with van der Waals surface area (Å²) >= 11 is 5.97. The molecular weight excluding hydrogens is 274 g/mol. The van der Waals surface area contributed by atoms with Crippen LogP contribution in [0.15, 0.2) is 18.2 Å². The second-order valence-corrected chi connectivity index (χ2v) is 5.75. The summed E-state index contributed by atoms with van der Waals surface area (Å²) in [6.45, 7) is 5.10. The molecule has 0 aliphatic carbocycles. The lowest BCUT2D eigenvalue weighted by molar-refractivity contribution is 0.0754. The fraction of sp³-hybridized carbons (Fsp3) is 0.533. The van der Waals surface area contributed by atoms with E-state index in [1.165, 1.54) is 6.42 Å². The van der Waals surface area contributed by atoms with E-state index in [0.717, 1.165) is 26.1 Å². The van der Waals surface area contributed by atoms with E-state index in [1.54, 1.807) is 23.1 Å². The number of carbonyl (C=O) groups is 1. The molecule has 1 atom stereocenters. The van der Waals surface area contributed by atoms with Crippen LogP contribution in [0.5, 0.6) is 0 Å². The van der Waals surface area contributed by atoms with Crippen molar-refractivity contribution in [2.75, 3.05) is 32.4 Å². The van der Waals surface area contributed by atoms with Gasteiger partial charge in [0.1, 0.15) is 0 Å². The number of likely N-dealkylation sites (N-methyl/N-ethyl adjacent to an activating group) is 2. The average Bonchev–Trinajstić information content (AvgIpc) is 2.88. The fourth-order valence-corrected chi connectivity index (χ4v) is 2.98. The van der Waals surface area contributed by atoms with Gasteiger partial charge in [-0.25, -0.2) is 0 Å². The van der Waals surface area contributed by atoms with Crippen LogP contribution in [-0.4, -0.2) is 48.4 Å². The molecule has 1 fully saturated rings. The number of nitrogens with two attached hydrogens (primary N) is 1. The standard InChI is InChI=1S/C15H22ClN3O/c1-3-19-8-4-5-12(19)10-18(2)15(20)11-6-7-14(17)13(16)9-11/h6-7,9,12H,3-5,8,10,17H2,1-2H3. The minimum Gasteiger partial charge on any atom is -0.398 e. The predicted molar refractivity (Wildman–Crippen MR) is 83.1 cm³/mol. The summed E-state index contributed by atoms with van der Waals surface area (Å²) in [5.41, 5.74) is 6.76. The summed E-state index contributed by atoms with van der Waals surface area (Å²) in [6.07, 6.45) is 2.38. The summed E-state index contributed by atoms with van der Waals surface area (Å²) in [5.74, 6) is -0.00477. The lowest BCUT2D eigenvalue weighted by Crippen LogP contribution is -2.41. The lowest BCUT2D eigenvalue weighted by atomic mass is 10.1. The highest BCUT2D eigenvalue weighted by Gasteiger charge is 2.25. The van der Waals surface area contributed by atoms with Crippen LogP contribution in [0, 0.1) is 0 Å². The number of likely N-dealkylation sites (tertiary alicyclic amines) is 1. The molecule has 5 heteroatoms. The van der Waals surface area contributed by atoms with E-state index < -0.39 is 0 Å². The van der Waals surface area contributed by atoms with Crippen molar-refractivity contribution in [3.05, 3.63) is 28.8 Å². The Morgan fingerprint density at radius 2 is 2.30 bits per heavy atom. The number of nitrogens with zero attached hydrogens (tertiary/aromatic N) is 2. The Morgan fingerprint density at radius 1 is 1.55 bits per heavy atom. The van der Waals surface area contributed by atoms with E-state index in [2.05, 4.69) is 11.8 Å². The first-order valence-electron chi connectivity index (χ1n) is 7.07. The molecule has 0 bridgehead atoms. The molecule has 1 aliphatic heterocycles. The summed E-state index contributed by atoms with van der Waals surface area (Å²) in [5, 5.41) is 0.431. The number of hydrogen-bond acceptors (Lipinski definition) is 3. The number of hydrogen-bond donors (Lipinski definition) is 1. The molecule has 0 aromatic heterocycles. The Hall–Kier alpha value is -1.26. The number of halogens is 1. The highest BCUT2D eigenvalue weighted by Crippen LogP contribution is 2.21. The maximum Gasteiger partial charge on any atom is 0.253 e. The zero-order valence-corrected chi connectivity index (χ0v) is 12.9. The molecule has 1 unspecified atom stereocenters. The highest BCUT2D eigenvalue weighted by atomic mass is 35.5. The van der Waals surface area contributed by atoms with E-state index in [-0.39, 0.29) is 5.91 Å². The Balaban J connectivity index is 2.03. The molecule has 0 radical (unpaired) electrons. The van der Waals surface area contributed by atoms with Gasteiger partial charge in [-0.2, -0.15) is 0 Å². The van der Waals surface area contributed by atoms with Crippen LogP contribution in [0.4, 0.5) is 5.69 Å². The van der Waals surface area contributed by atoms with E-state index >= 15 is 0 Å². The van der Waals surface area contributed by atoms with E-state index in [9.17, 15) is 4.79 Å². The van der Waals surface area contributed by atoms with Crippen molar-refractivity contribution < 1.29 is 4.79 Å². The van der Waals surface area contributed by atoms with Crippen molar-refractivity contribution in [2.24, 2.45) is 0 Å². The zero-order valence-electron chi connectivity index (χ0n) is 12.1. The normalized spacial score (nSPS) is 19.2. The van der Waals surface area contributed by atoms with Crippen LogP contribution in [0.25, 0.3) is 0 Å². The maximum atomic E-state index is 12.4. The largest absolute Gasteiger partial charge is 0.398 e. The van der Waals surface area contributed by atoms with Crippen molar-refractivity contribution in [1.29, 1.82) is 0 Å². The van der Waals surface area contributed by atoms with Crippen LogP contribution >= 0.6 is 11.6 Å². The third-order valence-corrected chi connectivity index (χ3v) is 4.31.